The maximum atomic E-state index is 5.44. The first kappa shape index (κ1) is 11.1. The Labute approximate surface area is 85.4 Å². The fourth-order valence-corrected chi connectivity index (χ4v) is 1.01. The van der Waals surface area contributed by atoms with Crippen LogP contribution in [-0.2, 0) is 0 Å². The molecule has 0 atom stereocenters. The van der Waals surface area contributed by atoms with Gasteiger partial charge in [-0.15, -0.1) is 0 Å². The molecule has 80 valence electrons. The molecule has 0 saturated heterocycles. The molecule has 0 spiro atoms. The first-order chi connectivity index (χ1) is 6.59. The summed E-state index contributed by atoms with van der Waals surface area (Å²) in [4.78, 5) is 0. The van der Waals surface area contributed by atoms with Crippen molar-refractivity contribution >= 4 is 0 Å². The largest absolute Gasteiger partial charge is 0.475 e. The van der Waals surface area contributed by atoms with E-state index in [1.807, 2.05) is 6.07 Å². The molecule has 0 bridgehead atoms. The van der Waals surface area contributed by atoms with Gasteiger partial charge in [-0.1, -0.05) is 27.7 Å². The molecule has 1 aromatic rings. The van der Waals surface area contributed by atoms with Gasteiger partial charge >= 0.3 is 0 Å². The molecule has 0 unspecified atom stereocenters. The molecule has 3 heteroatoms. The van der Waals surface area contributed by atoms with E-state index in [2.05, 4.69) is 32.9 Å². The topological polar surface area (TPSA) is 35.3 Å². The van der Waals surface area contributed by atoms with Crippen molar-refractivity contribution in [2.45, 2.75) is 40.0 Å². The third kappa shape index (κ3) is 3.40. The maximum Gasteiger partial charge on any atom is 0.254 e. The molecular formula is C11H19NO2. The second-order valence-corrected chi connectivity index (χ2v) is 4.25. The molecule has 0 radical (unpaired) electrons. The average Bonchev–Trinajstić information content (AvgIpc) is 2.52. The van der Waals surface area contributed by atoms with Crippen molar-refractivity contribution in [3.8, 4) is 5.88 Å². The van der Waals surface area contributed by atoms with Crippen LogP contribution in [-0.4, -0.2) is 11.8 Å². The number of hydrogen-bond acceptors (Lipinski definition) is 3. The zero-order chi connectivity index (χ0) is 10.6. The highest BCUT2D eigenvalue weighted by Gasteiger charge is 2.08. The van der Waals surface area contributed by atoms with Gasteiger partial charge < -0.3 is 9.26 Å². The van der Waals surface area contributed by atoms with Gasteiger partial charge in [0.15, 0.2) is 0 Å². The van der Waals surface area contributed by atoms with E-state index in [9.17, 15) is 0 Å². The normalized spacial score (nSPS) is 11.3. The van der Waals surface area contributed by atoms with Crippen LogP contribution in [0.1, 0.15) is 45.8 Å². The van der Waals surface area contributed by atoms with Gasteiger partial charge in [0.25, 0.3) is 5.88 Å². The Morgan fingerprint density at radius 2 is 2.07 bits per heavy atom. The number of nitrogens with zero attached hydrogens (tertiary/aromatic N) is 1. The van der Waals surface area contributed by atoms with Crippen LogP contribution in [0.3, 0.4) is 0 Å². The molecule has 0 aliphatic rings. The minimum absolute atomic E-state index is 0.366. The van der Waals surface area contributed by atoms with E-state index in [0.29, 0.717) is 24.3 Å². The fraction of sp³-hybridized carbons (Fsp3) is 0.727. The predicted molar refractivity (Wildman–Crippen MR) is 55.5 cm³/mol. The number of rotatable bonds is 5. The quantitative estimate of drug-likeness (QED) is 0.727. The molecule has 0 N–H and O–H groups in total. The molecule has 0 aliphatic heterocycles. The van der Waals surface area contributed by atoms with E-state index in [0.717, 1.165) is 12.2 Å². The Kier molecular flexibility index (Phi) is 3.98. The van der Waals surface area contributed by atoms with Crippen LogP contribution < -0.4 is 4.74 Å². The Morgan fingerprint density at radius 1 is 1.36 bits per heavy atom. The summed E-state index contributed by atoms with van der Waals surface area (Å²) in [5.74, 6) is 2.51. The van der Waals surface area contributed by atoms with Crippen LogP contribution in [0.5, 0.6) is 5.88 Å². The first-order valence-corrected chi connectivity index (χ1v) is 5.19. The molecule has 0 aromatic carbocycles. The average molecular weight is 197 g/mol. The van der Waals surface area contributed by atoms with E-state index in [1.165, 1.54) is 0 Å². The van der Waals surface area contributed by atoms with Crippen molar-refractivity contribution in [3.63, 3.8) is 0 Å². The standard InChI is InChI=1S/C11H19NO2/c1-8(2)5-6-13-11-7-10(9(3)4)14-12-11/h7-9H,5-6H2,1-4H3. The molecule has 3 nitrogen and oxygen atoms in total. The van der Waals surface area contributed by atoms with Gasteiger partial charge in [0.05, 0.1) is 6.61 Å². The summed E-state index contributed by atoms with van der Waals surface area (Å²) >= 11 is 0. The van der Waals surface area contributed by atoms with Crippen LogP contribution in [0.4, 0.5) is 0 Å². The second kappa shape index (κ2) is 5.03. The van der Waals surface area contributed by atoms with E-state index in [4.69, 9.17) is 9.26 Å². The summed E-state index contributed by atoms with van der Waals surface area (Å²) in [5.41, 5.74) is 0. The van der Waals surface area contributed by atoms with E-state index in [1.54, 1.807) is 0 Å². The second-order valence-electron chi connectivity index (χ2n) is 4.25. The van der Waals surface area contributed by atoms with Crippen molar-refractivity contribution in [1.82, 2.24) is 5.16 Å². The zero-order valence-electron chi connectivity index (χ0n) is 9.41. The summed E-state index contributed by atoms with van der Waals surface area (Å²) in [6.45, 7) is 9.19. The van der Waals surface area contributed by atoms with E-state index in [-0.39, 0.29) is 0 Å². The molecular weight excluding hydrogens is 178 g/mol. The van der Waals surface area contributed by atoms with Gasteiger partial charge in [-0.05, 0) is 17.5 Å². The number of ether oxygens (including phenoxy) is 1. The van der Waals surface area contributed by atoms with E-state index >= 15 is 0 Å². The Balaban J connectivity index is 2.36. The van der Waals surface area contributed by atoms with Gasteiger partial charge in [0.2, 0.25) is 0 Å². The summed E-state index contributed by atoms with van der Waals surface area (Å²) in [6.07, 6.45) is 1.05. The third-order valence-electron chi connectivity index (χ3n) is 2.02. The fourth-order valence-electron chi connectivity index (χ4n) is 1.01. The van der Waals surface area contributed by atoms with Gasteiger partial charge in [0, 0.05) is 12.0 Å². The molecule has 14 heavy (non-hydrogen) atoms. The lowest BCUT2D eigenvalue weighted by atomic mass is 10.1. The van der Waals surface area contributed by atoms with Crippen molar-refractivity contribution in [1.29, 1.82) is 0 Å². The van der Waals surface area contributed by atoms with Crippen LogP contribution in [0, 0.1) is 5.92 Å². The molecule has 0 saturated carbocycles. The molecule has 0 aliphatic carbocycles. The summed E-state index contributed by atoms with van der Waals surface area (Å²) in [6, 6.07) is 1.87. The van der Waals surface area contributed by atoms with Gasteiger partial charge in [-0.25, -0.2) is 0 Å². The van der Waals surface area contributed by atoms with Crippen molar-refractivity contribution in [2.24, 2.45) is 5.92 Å². The summed E-state index contributed by atoms with van der Waals surface area (Å²) < 4.78 is 10.6. The van der Waals surface area contributed by atoms with Crippen LogP contribution in [0.25, 0.3) is 0 Å². The maximum absolute atomic E-state index is 5.44. The smallest absolute Gasteiger partial charge is 0.254 e. The van der Waals surface area contributed by atoms with Gasteiger partial charge in [-0.2, -0.15) is 0 Å². The minimum atomic E-state index is 0.366. The minimum Gasteiger partial charge on any atom is -0.475 e. The third-order valence-corrected chi connectivity index (χ3v) is 2.02. The van der Waals surface area contributed by atoms with Crippen molar-refractivity contribution < 1.29 is 9.26 Å². The SMILES string of the molecule is CC(C)CCOc1cc(C(C)C)on1. The lowest BCUT2D eigenvalue weighted by Gasteiger charge is -2.03. The Hall–Kier alpha value is -0.990. The highest BCUT2D eigenvalue weighted by molar-refractivity contribution is 5.13. The van der Waals surface area contributed by atoms with Crippen molar-refractivity contribution in [3.05, 3.63) is 11.8 Å². The van der Waals surface area contributed by atoms with Gasteiger partial charge in [0.1, 0.15) is 5.76 Å². The highest BCUT2D eigenvalue weighted by Crippen LogP contribution is 2.19. The monoisotopic (exact) mass is 197 g/mol. The van der Waals surface area contributed by atoms with Crippen LogP contribution in [0.15, 0.2) is 10.6 Å². The Bertz CT molecular complexity index is 266. The molecule has 0 amide bonds. The summed E-state index contributed by atoms with van der Waals surface area (Å²) in [5, 5.41) is 3.84. The Morgan fingerprint density at radius 3 is 2.57 bits per heavy atom. The lowest BCUT2D eigenvalue weighted by Crippen LogP contribution is -2.01. The highest BCUT2D eigenvalue weighted by atomic mass is 16.5. The van der Waals surface area contributed by atoms with Crippen molar-refractivity contribution in [2.75, 3.05) is 6.61 Å². The first-order valence-electron chi connectivity index (χ1n) is 5.19. The molecule has 1 aromatic heterocycles. The van der Waals surface area contributed by atoms with Gasteiger partial charge in [-0.3, -0.25) is 0 Å². The molecule has 1 heterocycles. The summed E-state index contributed by atoms with van der Waals surface area (Å²) in [7, 11) is 0. The molecule has 0 fully saturated rings. The van der Waals surface area contributed by atoms with Crippen LogP contribution >= 0.6 is 0 Å². The zero-order valence-corrected chi connectivity index (χ0v) is 9.41. The number of hydrogen-bond donors (Lipinski definition) is 0. The predicted octanol–water partition coefficient (Wildman–Crippen LogP) is 3.22. The van der Waals surface area contributed by atoms with Crippen LogP contribution in [0.2, 0.25) is 0 Å². The lowest BCUT2D eigenvalue weighted by molar-refractivity contribution is 0.256. The number of aromatic nitrogens is 1. The van der Waals surface area contributed by atoms with E-state index < -0.39 is 0 Å². The molecule has 1 rings (SSSR count).